The number of halogens is 2. The molecule has 0 bridgehead atoms. The second-order valence-electron chi connectivity index (χ2n) is 4.06. The summed E-state index contributed by atoms with van der Waals surface area (Å²) in [5.41, 5.74) is 0.481. The summed E-state index contributed by atoms with van der Waals surface area (Å²) < 4.78 is 25.8. The highest BCUT2D eigenvalue weighted by Gasteiger charge is 2.26. The third kappa shape index (κ3) is 2.87. The molecule has 1 fully saturated rings. The van der Waals surface area contributed by atoms with Crippen molar-refractivity contribution in [2.75, 3.05) is 13.1 Å². The maximum absolute atomic E-state index is 12.9. The van der Waals surface area contributed by atoms with Gasteiger partial charge in [0.05, 0.1) is 13.0 Å². The standard InChI is InChI=1S/C12H11F2NO2/c13-9-3-8(4-10(14)5-9)1-2-15-7-11(16)6-12(15)17/h3-5H,1-2,6-7H2. The number of hydrogen-bond acceptors (Lipinski definition) is 2. The van der Waals surface area contributed by atoms with Crippen molar-refractivity contribution < 1.29 is 18.4 Å². The first-order valence-electron chi connectivity index (χ1n) is 5.29. The molecule has 1 aliphatic rings. The molecule has 1 aromatic rings. The average Bonchev–Trinajstić information content (AvgIpc) is 2.53. The number of rotatable bonds is 3. The highest BCUT2D eigenvalue weighted by molar-refractivity contribution is 6.05. The topological polar surface area (TPSA) is 37.4 Å². The van der Waals surface area contributed by atoms with Crippen molar-refractivity contribution in [3.63, 3.8) is 0 Å². The first-order valence-corrected chi connectivity index (χ1v) is 5.29. The predicted octanol–water partition coefficient (Wildman–Crippen LogP) is 1.31. The summed E-state index contributed by atoms with van der Waals surface area (Å²) in [6.45, 7) is 0.421. The molecule has 17 heavy (non-hydrogen) atoms. The van der Waals surface area contributed by atoms with Crippen LogP contribution in [-0.2, 0) is 16.0 Å². The second-order valence-corrected chi connectivity index (χ2v) is 4.06. The number of Topliss-reactive ketones (excluding diaryl/α,β-unsaturated/α-hetero) is 1. The molecule has 1 amide bonds. The van der Waals surface area contributed by atoms with E-state index in [9.17, 15) is 18.4 Å². The number of nitrogens with zero attached hydrogens (tertiary/aromatic N) is 1. The van der Waals surface area contributed by atoms with Gasteiger partial charge in [-0.1, -0.05) is 0 Å². The number of likely N-dealkylation sites (tertiary alicyclic amines) is 1. The number of amides is 1. The lowest BCUT2D eigenvalue weighted by Crippen LogP contribution is -2.27. The monoisotopic (exact) mass is 239 g/mol. The minimum absolute atomic E-state index is 0.0580. The third-order valence-electron chi connectivity index (χ3n) is 2.66. The lowest BCUT2D eigenvalue weighted by molar-refractivity contribution is -0.127. The minimum atomic E-state index is -0.635. The zero-order valence-electron chi connectivity index (χ0n) is 9.08. The van der Waals surface area contributed by atoms with Crippen LogP contribution >= 0.6 is 0 Å². The summed E-state index contributed by atoms with van der Waals surface area (Å²) in [5.74, 6) is -1.60. The summed E-state index contributed by atoms with van der Waals surface area (Å²) >= 11 is 0. The number of hydrogen-bond donors (Lipinski definition) is 0. The van der Waals surface area contributed by atoms with E-state index < -0.39 is 11.6 Å². The SMILES string of the molecule is O=C1CC(=O)N(CCc2cc(F)cc(F)c2)C1. The van der Waals surface area contributed by atoms with Gasteiger partial charge in [0.25, 0.3) is 0 Å². The van der Waals surface area contributed by atoms with Gasteiger partial charge in [0.15, 0.2) is 5.78 Å². The highest BCUT2D eigenvalue weighted by atomic mass is 19.1. The molecule has 0 spiro atoms. The molecular weight excluding hydrogens is 228 g/mol. The lowest BCUT2D eigenvalue weighted by atomic mass is 10.1. The smallest absolute Gasteiger partial charge is 0.230 e. The Hall–Kier alpha value is -1.78. The van der Waals surface area contributed by atoms with Gasteiger partial charge in [0.2, 0.25) is 5.91 Å². The van der Waals surface area contributed by atoms with Crippen LogP contribution in [0.3, 0.4) is 0 Å². The van der Waals surface area contributed by atoms with Gasteiger partial charge >= 0.3 is 0 Å². The fourth-order valence-electron chi connectivity index (χ4n) is 1.86. The van der Waals surface area contributed by atoms with E-state index in [-0.39, 0.29) is 24.7 Å². The van der Waals surface area contributed by atoms with Crippen molar-refractivity contribution in [3.05, 3.63) is 35.4 Å². The van der Waals surface area contributed by atoms with Crippen LogP contribution in [-0.4, -0.2) is 29.7 Å². The zero-order valence-corrected chi connectivity index (χ0v) is 9.08. The predicted molar refractivity (Wildman–Crippen MR) is 56.3 cm³/mol. The van der Waals surface area contributed by atoms with Gasteiger partial charge in [-0.2, -0.15) is 0 Å². The lowest BCUT2D eigenvalue weighted by Gasteiger charge is -2.14. The van der Waals surface area contributed by atoms with Gasteiger partial charge < -0.3 is 4.90 Å². The Morgan fingerprint density at radius 2 is 1.76 bits per heavy atom. The molecule has 0 unspecified atom stereocenters. The number of carbonyl (C=O) groups is 2. The molecule has 1 aliphatic heterocycles. The Balaban J connectivity index is 1.98. The van der Waals surface area contributed by atoms with Crippen LogP contribution in [0, 0.1) is 11.6 Å². The van der Waals surface area contributed by atoms with Crippen LogP contribution in [0.1, 0.15) is 12.0 Å². The molecule has 0 saturated carbocycles. The van der Waals surface area contributed by atoms with Crippen molar-refractivity contribution in [3.8, 4) is 0 Å². The van der Waals surface area contributed by atoms with Gasteiger partial charge in [-0.25, -0.2) is 8.78 Å². The number of carbonyl (C=O) groups excluding carboxylic acids is 2. The summed E-state index contributed by atoms with van der Waals surface area (Å²) in [5, 5.41) is 0. The van der Waals surface area contributed by atoms with E-state index in [4.69, 9.17) is 0 Å². The molecule has 2 rings (SSSR count). The Morgan fingerprint density at radius 1 is 1.12 bits per heavy atom. The largest absolute Gasteiger partial charge is 0.335 e. The average molecular weight is 239 g/mol. The maximum atomic E-state index is 12.9. The Kier molecular flexibility index (Phi) is 3.17. The van der Waals surface area contributed by atoms with Gasteiger partial charge in [0.1, 0.15) is 11.6 Å². The van der Waals surface area contributed by atoms with Crippen LogP contribution in [0.4, 0.5) is 8.78 Å². The molecule has 3 nitrogen and oxygen atoms in total. The fraction of sp³-hybridized carbons (Fsp3) is 0.333. The van der Waals surface area contributed by atoms with E-state index in [2.05, 4.69) is 0 Å². The molecular formula is C12H11F2NO2. The maximum Gasteiger partial charge on any atom is 0.230 e. The minimum Gasteiger partial charge on any atom is -0.335 e. The molecule has 0 radical (unpaired) electrons. The van der Waals surface area contributed by atoms with Gasteiger partial charge in [-0.15, -0.1) is 0 Å². The Labute approximate surface area is 97.0 Å². The van der Waals surface area contributed by atoms with Crippen molar-refractivity contribution in [1.82, 2.24) is 4.90 Å². The first kappa shape index (κ1) is 11.7. The number of ketones is 1. The van der Waals surface area contributed by atoms with E-state index in [1.54, 1.807) is 0 Å². The van der Waals surface area contributed by atoms with Crippen LogP contribution in [0.5, 0.6) is 0 Å². The molecule has 90 valence electrons. The van der Waals surface area contributed by atoms with Gasteiger partial charge in [0, 0.05) is 12.6 Å². The summed E-state index contributed by atoms with van der Waals surface area (Å²) in [6.07, 6.45) is 0.283. The van der Waals surface area contributed by atoms with Crippen LogP contribution in [0.25, 0.3) is 0 Å². The molecule has 0 atom stereocenters. The van der Waals surface area contributed by atoms with Crippen molar-refractivity contribution >= 4 is 11.7 Å². The molecule has 1 saturated heterocycles. The van der Waals surface area contributed by atoms with E-state index in [0.29, 0.717) is 18.5 Å². The van der Waals surface area contributed by atoms with E-state index in [1.165, 1.54) is 17.0 Å². The molecule has 5 heteroatoms. The van der Waals surface area contributed by atoms with Crippen LogP contribution in [0.2, 0.25) is 0 Å². The molecule has 1 heterocycles. The quantitative estimate of drug-likeness (QED) is 0.746. The van der Waals surface area contributed by atoms with Crippen LogP contribution in [0.15, 0.2) is 18.2 Å². The summed E-state index contributed by atoms with van der Waals surface area (Å²) in [6, 6.07) is 3.25. The summed E-state index contributed by atoms with van der Waals surface area (Å²) in [7, 11) is 0. The zero-order chi connectivity index (χ0) is 12.4. The van der Waals surface area contributed by atoms with E-state index in [0.717, 1.165) is 6.07 Å². The van der Waals surface area contributed by atoms with E-state index in [1.807, 2.05) is 0 Å². The number of benzene rings is 1. The highest BCUT2D eigenvalue weighted by Crippen LogP contribution is 2.11. The van der Waals surface area contributed by atoms with Crippen LogP contribution < -0.4 is 0 Å². The summed E-state index contributed by atoms with van der Waals surface area (Å²) in [4.78, 5) is 23.7. The van der Waals surface area contributed by atoms with Gasteiger partial charge in [-0.05, 0) is 24.1 Å². The van der Waals surface area contributed by atoms with Crippen molar-refractivity contribution in [2.45, 2.75) is 12.8 Å². The van der Waals surface area contributed by atoms with Crippen molar-refractivity contribution in [2.24, 2.45) is 0 Å². The third-order valence-corrected chi connectivity index (χ3v) is 2.66. The molecule has 0 aromatic heterocycles. The Morgan fingerprint density at radius 3 is 2.29 bits per heavy atom. The Bertz CT molecular complexity index is 453. The van der Waals surface area contributed by atoms with E-state index >= 15 is 0 Å². The normalized spacial score (nSPS) is 15.8. The molecule has 1 aromatic carbocycles. The van der Waals surface area contributed by atoms with Crippen molar-refractivity contribution in [1.29, 1.82) is 0 Å². The molecule has 0 aliphatic carbocycles. The fourth-order valence-corrected chi connectivity index (χ4v) is 1.86. The molecule has 0 N–H and O–H groups in total. The van der Waals surface area contributed by atoms with Gasteiger partial charge in [-0.3, -0.25) is 9.59 Å². The second kappa shape index (κ2) is 4.61. The first-order chi connectivity index (χ1) is 8.04.